The van der Waals surface area contributed by atoms with E-state index < -0.39 is 0 Å². The average Bonchev–Trinajstić information content (AvgIpc) is 2.48. The van der Waals surface area contributed by atoms with Gasteiger partial charge in [-0.25, -0.2) is 0 Å². The van der Waals surface area contributed by atoms with Gasteiger partial charge in [0.25, 0.3) is 0 Å². The van der Waals surface area contributed by atoms with Gasteiger partial charge in [-0.05, 0) is 37.9 Å². The SMILES string of the molecule is CCOC(=O)C1CCCN(Cc2ccccc2C#N)C1. The third-order valence-electron chi connectivity index (χ3n) is 3.66. The lowest BCUT2D eigenvalue weighted by molar-refractivity contribution is -0.150. The Hall–Kier alpha value is -1.86. The van der Waals surface area contributed by atoms with Crippen LogP contribution in [0.5, 0.6) is 0 Å². The number of benzene rings is 1. The van der Waals surface area contributed by atoms with Crippen molar-refractivity contribution in [1.82, 2.24) is 4.90 Å². The van der Waals surface area contributed by atoms with Gasteiger partial charge >= 0.3 is 5.97 Å². The average molecular weight is 272 g/mol. The van der Waals surface area contributed by atoms with Crippen LogP contribution in [0, 0.1) is 17.2 Å². The first kappa shape index (κ1) is 14.5. The number of nitrogens with zero attached hydrogens (tertiary/aromatic N) is 2. The van der Waals surface area contributed by atoms with E-state index in [-0.39, 0.29) is 11.9 Å². The zero-order valence-corrected chi connectivity index (χ0v) is 11.8. The highest BCUT2D eigenvalue weighted by Gasteiger charge is 2.26. The van der Waals surface area contributed by atoms with E-state index in [4.69, 9.17) is 10.00 Å². The summed E-state index contributed by atoms with van der Waals surface area (Å²) in [5.41, 5.74) is 1.74. The minimum atomic E-state index is -0.0919. The molecule has 4 nitrogen and oxygen atoms in total. The molecule has 1 aromatic carbocycles. The van der Waals surface area contributed by atoms with Crippen molar-refractivity contribution >= 4 is 5.97 Å². The molecule has 1 saturated heterocycles. The molecule has 1 fully saturated rings. The van der Waals surface area contributed by atoms with Crippen molar-refractivity contribution in [2.45, 2.75) is 26.3 Å². The molecule has 0 aromatic heterocycles. The van der Waals surface area contributed by atoms with Crippen LogP contribution < -0.4 is 0 Å². The van der Waals surface area contributed by atoms with Gasteiger partial charge in [0, 0.05) is 13.1 Å². The lowest BCUT2D eigenvalue weighted by atomic mass is 9.97. The number of likely N-dealkylation sites (tertiary alicyclic amines) is 1. The van der Waals surface area contributed by atoms with Gasteiger partial charge in [0.15, 0.2) is 0 Å². The Morgan fingerprint density at radius 3 is 3.05 bits per heavy atom. The lowest BCUT2D eigenvalue weighted by Gasteiger charge is -2.31. The number of piperidine rings is 1. The summed E-state index contributed by atoms with van der Waals surface area (Å²) >= 11 is 0. The van der Waals surface area contributed by atoms with Crippen molar-refractivity contribution in [1.29, 1.82) is 5.26 Å². The standard InChI is InChI=1S/C16H20N2O2/c1-2-20-16(19)15-8-5-9-18(12-15)11-14-7-4-3-6-13(14)10-17/h3-4,6-7,15H,2,5,8-9,11-12H2,1H3. The minimum absolute atomic E-state index is 0.0297. The fourth-order valence-corrected chi connectivity index (χ4v) is 2.66. The molecule has 1 aliphatic rings. The lowest BCUT2D eigenvalue weighted by Crippen LogP contribution is -2.39. The molecule has 0 aliphatic carbocycles. The van der Waals surface area contributed by atoms with Crippen LogP contribution in [0.4, 0.5) is 0 Å². The number of hydrogen-bond donors (Lipinski definition) is 0. The van der Waals surface area contributed by atoms with Gasteiger partial charge in [0.1, 0.15) is 0 Å². The summed E-state index contributed by atoms with van der Waals surface area (Å²) in [6.45, 7) is 4.68. The van der Waals surface area contributed by atoms with Crippen molar-refractivity contribution in [2.24, 2.45) is 5.92 Å². The maximum atomic E-state index is 11.8. The molecule has 1 aliphatic heterocycles. The van der Waals surface area contributed by atoms with Crippen LogP contribution in [0.25, 0.3) is 0 Å². The summed E-state index contributed by atoms with van der Waals surface area (Å²) < 4.78 is 5.11. The second kappa shape index (κ2) is 7.06. The van der Waals surface area contributed by atoms with E-state index in [1.54, 1.807) is 0 Å². The van der Waals surface area contributed by atoms with Crippen LogP contribution in [0.2, 0.25) is 0 Å². The monoisotopic (exact) mass is 272 g/mol. The van der Waals surface area contributed by atoms with Gasteiger partial charge in [0.2, 0.25) is 0 Å². The predicted octanol–water partition coefficient (Wildman–Crippen LogP) is 2.33. The highest BCUT2D eigenvalue weighted by molar-refractivity contribution is 5.72. The topological polar surface area (TPSA) is 53.3 Å². The van der Waals surface area contributed by atoms with Gasteiger partial charge in [-0.3, -0.25) is 9.69 Å². The Morgan fingerprint density at radius 1 is 1.50 bits per heavy atom. The maximum absolute atomic E-state index is 11.8. The van der Waals surface area contributed by atoms with Gasteiger partial charge in [-0.15, -0.1) is 0 Å². The molecular weight excluding hydrogens is 252 g/mol. The number of hydrogen-bond acceptors (Lipinski definition) is 4. The molecule has 0 bridgehead atoms. The maximum Gasteiger partial charge on any atom is 0.310 e. The fraction of sp³-hybridized carbons (Fsp3) is 0.500. The molecule has 4 heteroatoms. The summed E-state index contributed by atoms with van der Waals surface area (Å²) in [6, 6.07) is 9.86. The summed E-state index contributed by atoms with van der Waals surface area (Å²) in [7, 11) is 0. The number of ether oxygens (including phenoxy) is 1. The molecule has 0 amide bonds. The fourth-order valence-electron chi connectivity index (χ4n) is 2.66. The van der Waals surface area contributed by atoms with Gasteiger partial charge in [0.05, 0.1) is 24.2 Å². The molecule has 0 spiro atoms. The quantitative estimate of drug-likeness (QED) is 0.789. The van der Waals surface area contributed by atoms with E-state index in [1.165, 1.54) is 0 Å². The zero-order valence-electron chi connectivity index (χ0n) is 11.8. The summed E-state index contributed by atoms with van der Waals surface area (Å²) in [5.74, 6) is -0.122. The second-order valence-corrected chi connectivity index (χ2v) is 5.10. The zero-order chi connectivity index (χ0) is 14.4. The normalized spacial score (nSPS) is 19.3. The molecule has 106 valence electrons. The van der Waals surface area contributed by atoms with E-state index in [0.717, 1.165) is 38.0 Å². The molecule has 0 N–H and O–H groups in total. The van der Waals surface area contributed by atoms with E-state index in [2.05, 4.69) is 11.0 Å². The van der Waals surface area contributed by atoms with Crippen LogP contribution in [0.15, 0.2) is 24.3 Å². The first-order chi connectivity index (χ1) is 9.74. The Bertz CT molecular complexity index is 507. The number of nitriles is 1. The molecule has 1 atom stereocenters. The van der Waals surface area contributed by atoms with E-state index in [1.807, 2.05) is 31.2 Å². The van der Waals surface area contributed by atoms with Crippen molar-refractivity contribution in [3.05, 3.63) is 35.4 Å². The van der Waals surface area contributed by atoms with Crippen molar-refractivity contribution in [2.75, 3.05) is 19.7 Å². The molecule has 0 radical (unpaired) electrons. The number of carbonyl (C=O) groups excluding carboxylic acids is 1. The number of rotatable bonds is 4. The smallest absolute Gasteiger partial charge is 0.310 e. The van der Waals surface area contributed by atoms with Crippen molar-refractivity contribution < 1.29 is 9.53 Å². The molecule has 1 unspecified atom stereocenters. The molecular formula is C16H20N2O2. The summed E-state index contributed by atoms with van der Waals surface area (Å²) in [4.78, 5) is 14.1. The third kappa shape index (κ3) is 3.58. The van der Waals surface area contributed by atoms with E-state index in [0.29, 0.717) is 12.2 Å². The van der Waals surface area contributed by atoms with Crippen molar-refractivity contribution in [3.8, 4) is 6.07 Å². The van der Waals surface area contributed by atoms with Crippen LogP contribution in [0.3, 0.4) is 0 Å². The van der Waals surface area contributed by atoms with Gasteiger partial charge in [-0.1, -0.05) is 18.2 Å². The first-order valence-electron chi connectivity index (χ1n) is 7.11. The van der Waals surface area contributed by atoms with Crippen molar-refractivity contribution in [3.63, 3.8) is 0 Å². The van der Waals surface area contributed by atoms with Crippen LogP contribution in [0.1, 0.15) is 30.9 Å². The molecule has 1 aromatic rings. The van der Waals surface area contributed by atoms with Crippen LogP contribution in [-0.2, 0) is 16.1 Å². The highest BCUT2D eigenvalue weighted by atomic mass is 16.5. The van der Waals surface area contributed by atoms with Crippen LogP contribution >= 0.6 is 0 Å². The van der Waals surface area contributed by atoms with E-state index in [9.17, 15) is 4.79 Å². The molecule has 1 heterocycles. The van der Waals surface area contributed by atoms with E-state index >= 15 is 0 Å². The van der Waals surface area contributed by atoms with Gasteiger partial charge in [-0.2, -0.15) is 5.26 Å². The highest BCUT2D eigenvalue weighted by Crippen LogP contribution is 2.20. The third-order valence-corrected chi connectivity index (χ3v) is 3.66. The largest absolute Gasteiger partial charge is 0.466 e. The molecule has 2 rings (SSSR count). The first-order valence-corrected chi connectivity index (χ1v) is 7.11. The predicted molar refractivity (Wildman–Crippen MR) is 75.8 cm³/mol. The summed E-state index contributed by atoms with van der Waals surface area (Å²) in [5, 5.41) is 9.12. The molecule has 0 saturated carbocycles. The number of carbonyl (C=O) groups is 1. The Balaban J connectivity index is 1.99. The Labute approximate surface area is 120 Å². The van der Waals surface area contributed by atoms with Crippen LogP contribution in [-0.4, -0.2) is 30.6 Å². The summed E-state index contributed by atoms with van der Waals surface area (Å²) in [6.07, 6.45) is 1.90. The van der Waals surface area contributed by atoms with Gasteiger partial charge < -0.3 is 4.74 Å². The Kier molecular flexibility index (Phi) is 5.14. The second-order valence-electron chi connectivity index (χ2n) is 5.10. The minimum Gasteiger partial charge on any atom is -0.466 e. The molecule has 20 heavy (non-hydrogen) atoms. The number of esters is 1. The Morgan fingerprint density at radius 2 is 2.30 bits per heavy atom.